The van der Waals surface area contributed by atoms with Crippen molar-refractivity contribution in [2.75, 3.05) is 33.0 Å². The number of rotatable bonds is 9. The second kappa shape index (κ2) is 11.8. The lowest BCUT2D eigenvalue weighted by molar-refractivity contribution is -0.231. The Bertz CT molecular complexity index is 916. The Morgan fingerprint density at radius 2 is 1.76 bits per heavy atom. The summed E-state index contributed by atoms with van der Waals surface area (Å²) < 4.78 is 22.4. The van der Waals surface area contributed by atoms with Crippen LogP contribution >= 0.6 is 11.6 Å². The summed E-state index contributed by atoms with van der Waals surface area (Å²) >= 11 is 6.42. The van der Waals surface area contributed by atoms with Gasteiger partial charge in [-0.1, -0.05) is 35.9 Å². The summed E-state index contributed by atoms with van der Waals surface area (Å²) in [5.74, 6) is 0.746. The molecule has 2 aromatic carbocycles. The van der Waals surface area contributed by atoms with Crippen molar-refractivity contribution in [1.82, 2.24) is 0 Å². The normalized spacial score (nSPS) is 29.3. The average molecular weight is 495 g/mol. The largest absolute Gasteiger partial charge is 0.491 e. The SMILES string of the molecule is OC[C@H]1O[C@@H](c2ccc(Cl)c(Cc3ccc(OCCOC4CCOC4)cc3)c2)[C@H](O)[C@@H](O)[C@@H]1O. The molecule has 0 amide bonds. The molecule has 6 atom stereocenters. The van der Waals surface area contributed by atoms with Crippen LogP contribution in [0.5, 0.6) is 5.75 Å². The van der Waals surface area contributed by atoms with E-state index in [9.17, 15) is 20.4 Å². The first-order valence-corrected chi connectivity index (χ1v) is 11.8. The maximum Gasteiger partial charge on any atom is 0.119 e. The number of aliphatic hydroxyl groups excluding tert-OH is 4. The van der Waals surface area contributed by atoms with Crippen molar-refractivity contribution in [1.29, 1.82) is 0 Å². The van der Waals surface area contributed by atoms with Gasteiger partial charge < -0.3 is 39.4 Å². The van der Waals surface area contributed by atoms with E-state index in [0.717, 1.165) is 29.9 Å². The van der Waals surface area contributed by atoms with Crippen LogP contribution in [0.4, 0.5) is 0 Å². The summed E-state index contributed by atoms with van der Waals surface area (Å²) in [4.78, 5) is 0. The van der Waals surface area contributed by atoms with Crippen molar-refractivity contribution in [2.24, 2.45) is 0 Å². The molecule has 2 aliphatic heterocycles. The van der Waals surface area contributed by atoms with Crippen LogP contribution in [-0.4, -0.2) is 84.0 Å². The van der Waals surface area contributed by atoms with Gasteiger partial charge in [0.05, 0.1) is 25.9 Å². The number of hydrogen-bond donors (Lipinski definition) is 4. The zero-order valence-electron chi connectivity index (χ0n) is 18.8. The third-order valence-electron chi connectivity index (χ3n) is 6.20. The fraction of sp³-hybridized carbons (Fsp3) is 0.520. The van der Waals surface area contributed by atoms with Gasteiger partial charge >= 0.3 is 0 Å². The molecule has 2 heterocycles. The molecular formula is C25H31ClO8. The molecule has 2 saturated heterocycles. The van der Waals surface area contributed by atoms with E-state index < -0.39 is 37.1 Å². The fourth-order valence-corrected chi connectivity index (χ4v) is 4.41. The van der Waals surface area contributed by atoms with Crippen LogP contribution in [-0.2, 0) is 20.6 Å². The van der Waals surface area contributed by atoms with Gasteiger partial charge in [-0.2, -0.15) is 0 Å². The molecule has 0 aliphatic carbocycles. The number of hydrogen-bond acceptors (Lipinski definition) is 8. The molecule has 0 saturated carbocycles. The first kappa shape index (κ1) is 25.3. The molecule has 4 N–H and O–H groups in total. The van der Waals surface area contributed by atoms with Crippen LogP contribution in [0.3, 0.4) is 0 Å². The smallest absolute Gasteiger partial charge is 0.119 e. The van der Waals surface area contributed by atoms with Crippen molar-refractivity contribution in [3.8, 4) is 5.75 Å². The first-order chi connectivity index (χ1) is 16.5. The van der Waals surface area contributed by atoms with Crippen LogP contribution < -0.4 is 4.74 Å². The lowest BCUT2D eigenvalue weighted by Gasteiger charge is -2.40. The van der Waals surface area contributed by atoms with E-state index >= 15 is 0 Å². The minimum atomic E-state index is -1.43. The zero-order chi connectivity index (χ0) is 24.1. The molecule has 9 heteroatoms. The second-order valence-electron chi connectivity index (χ2n) is 8.63. The van der Waals surface area contributed by atoms with Gasteiger partial charge in [-0.05, 0) is 47.7 Å². The lowest BCUT2D eigenvalue weighted by atomic mass is 9.90. The highest BCUT2D eigenvalue weighted by Crippen LogP contribution is 2.34. The van der Waals surface area contributed by atoms with Gasteiger partial charge in [-0.3, -0.25) is 0 Å². The third-order valence-corrected chi connectivity index (χ3v) is 6.57. The van der Waals surface area contributed by atoms with E-state index in [0.29, 0.717) is 36.8 Å². The van der Waals surface area contributed by atoms with Crippen LogP contribution in [0.1, 0.15) is 29.2 Å². The molecule has 4 rings (SSSR count). The third kappa shape index (κ3) is 6.08. The van der Waals surface area contributed by atoms with Gasteiger partial charge in [0.25, 0.3) is 0 Å². The molecule has 186 valence electrons. The van der Waals surface area contributed by atoms with E-state index in [-0.39, 0.29) is 6.10 Å². The van der Waals surface area contributed by atoms with Crippen molar-refractivity contribution in [3.05, 3.63) is 64.2 Å². The summed E-state index contributed by atoms with van der Waals surface area (Å²) in [5, 5.41) is 40.5. The molecule has 1 unspecified atom stereocenters. The summed E-state index contributed by atoms with van der Waals surface area (Å²) in [6, 6.07) is 12.9. The van der Waals surface area contributed by atoms with Gasteiger partial charge in [0.2, 0.25) is 0 Å². The standard InChI is InChI=1S/C25H31ClO8/c26-20-6-3-16(25-24(30)23(29)22(28)21(13-27)34-25)12-17(20)11-15-1-4-18(5-2-15)32-9-10-33-19-7-8-31-14-19/h1-6,12,19,21-25,27-30H,7-11,13-14H2/t19?,21-,22-,23+,24-,25+/m1/s1. The Morgan fingerprint density at radius 3 is 2.47 bits per heavy atom. The summed E-state index contributed by atoms with van der Waals surface area (Å²) in [7, 11) is 0. The Balaban J connectivity index is 1.36. The molecule has 2 fully saturated rings. The van der Waals surface area contributed by atoms with Gasteiger partial charge in [0, 0.05) is 11.6 Å². The Kier molecular flexibility index (Phi) is 8.79. The maximum absolute atomic E-state index is 10.4. The molecule has 2 aromatic rings. The average Bonchev–Trinajstić information content (AvgIpc) is 3.37. The van der Waals surface area contributed by atoms with Gasteiger partial charge in [-0.25, -0.2) is 0 Å². The van der Waals surface area contributed by atoms with Gasteiger partial charge in [0.1, 0.15) is 42.9 Å². The van der Waals surface area contributed by atoms with Crippen LogP contribution in [0.2, 0.25) is 5.02 Å². The van der Waals surface area contributed by atoms with E-state index in [1.54, 1.807) is 12.1 Å². The minimum Gasteiger partial charge on any atom is -0.491 e. The molecule has 0 aromatic heterocycles. The molecule has 34 heavy (non-hydrogen) atoms. The predicted octanol–water partition coefficient (Wildman–Crippen LogP) is 1.63. The maximum atomic E-state index is 10.4. The van der Waals surface area contributed by atoms with Crippen molar-refractivity contribution >= 4 is 11.6 Å². The van der Waals surface area contributed by atoms with Crippen LogP contribution in [0.15, 0.2) is 42.5 Å². The monoisotopic (exact) mass is 494 g/mol. The Labute approximate surface area is 203 Å². The Hall–Kier alpha value is -1.75. The van der Waals surface area contributed by atoms with Crippen molar-refractivity contribution in [2.45, 2.75) is 49.5 Å². The highest BCUT2D eigenvalue weighted by molar-refractivity contribution is 6.31. The second-order valence-corrected chi connectivity index (χ2v) is 9.03. The highest BCUT2D eigenvalue weighted by atomic mass is 35.5. The summed E-state index contributed by atoms with van der Waals surface area (Å²) in [6.07, 6.45) is -4.41. The molecule has 8 nitrogen and oxygen atoms in total. The van der Waals surface area contributed by atoms with Gasteiger partial charge in [-0.15, -0.1) is 0 Å². The molecule has 0 bridgehead atoms. The summed E-state index contributed by atoms with van der Waals surface area (Å²) in [5.41, 5.74) is 2.43. The predicted molar refractivity (Wildman–Crippen MR) is 124 cm³/mol. The van der Waals surface area contributed by atoms with E-state index in [1.807, 2.05) is 30.3 Å². The number of benzene rings is 2. The van der Waals surface area contributed by atoms with Crippen molar-refractivity contribution < 1.29 is 39.4 Å². The van der Waals surface area contributed by atoms with Crippen LogP contribution in [0, 0.1) is 0 Å². The van der Waals surface area contributed by atoms with Gasteiger partial charge in [0.15, 0.2) is 0 Å². The highest BCUT2D eigenvalue weighted by Gasteiger charge is 2.44. The fourth-order valence-electron chi connectivity index (χ4n) is 4.23. The number of aliphatic hydroxyl groups is 4. The van der Waals surface area contributed by atoms with E-state index in [4.69, 9.17) is 30.5 Å². The number of ether oxygens (including phenoxy) is 4. The number of halogens is 1. The topological polar surface area (TPSA) is 118 Å². The first-order valence-electron chi connectivity index (χ1n) is 11.5. The quantitative estimate of drug-likeness (QED) is 0.389. The molecule has 2 aliphatic rings. The zero-order valence-corrected chi connectivity index (χ0v) is 19.5. The minimum absolute atomic E-state index is 0.162. The molecule has 0 radical (unpaired) electrons. The van der Waals surface area contributed by atoms with E-state index in [2.05, 4.69) is 0 Å². The Morgan fingerprint density at radius 1 is 0.971 bits per heavy atom. The lowest BCUT2D eigenvalue weighted by Crippen LogP contribution is -2.55. The summed E-state index contributed by atoms with van der Waals surface area (Å²) in [6.45, 7) is 1.90. The van der Waals surface area contributed by atoms with E-state index in [1.165, 1.54) is 0 Å². The molecule has 0 spiro atoms. The van der Waals surface area contributed by atoms with Crippen LogP contribution in [0.25, 0.3) is 0 Å². The van der Waals surface area contributed by atoms with Crippen molar-refractivity contribution in [3.63, 3.8) is 0 Å². The molecular weight excluding hydrogens is 464 g/mol.